The normalized spacial score (nSPS) is 13.7. The molecule has 32 heavy (non-hydrogen) atoms. The van der Waals surface area contributed by atoms with Crippen LogP contribution in [0, 0.1) is 0 Å². The predicted molar refractivity (Wildman–Crippen MR) is 124 cm³/mol. The van der Waals surface area contributed by atoms with Crippen LogP contribution in [0.2, 0.25) is 10.0 Å². The number of hydrogen-bond acceptors (Lipinski definition) is 5. The van der Waals surface area contributed by atoms with Crippen molar-refractivity contribution >= 4 is 46.4 Å². The van der Waals surface area contributed by atoms with Crippen LogP contribution < -0.4 is 15.0 Å². The highest BCUT2D eigenvalue weighted by Gasteiger charge is 2.24. The van der Waals surface area contributed by atoms with Crippen molar-refractivity contribution in [1.29, 1.82) is 0 Å². The second kappa shape index (κ2) is 9.54. The van der Waals surface area contributed by atoms with Gasteiger partial charge in [-0.25, -0.2) is 0 Å². The number of benzene rings is 2. The number of nitrogens with one attached hydrogen (secondary N) is 1. The highest BCUT2D eigenvalue weighted by Crippen LogP contribution is 2.34. The molecule has 0 atom stereocenters. The summed E-state index contributed by atoms with van der Waals surface area (Å²) in [5.74, 6) is 0.277. The van der Waals surface area contributed by atoms with Gasteiger partial charge in [-0.05, 0) is 48.5 Å². The summed E-state index contributed by atoms with van der Waals surface area (Å²) in [4.78, 5) is 29.0. The Kier molecular flexibility index (Phi) is 6.58. The topological polar surface area (TPSA) is 75.0 Å². The van der Waals surface area contributed by atoms with Crippen LogP contribution in [0.1, 0.15) is 20.9 Å². The van der Waals surface area contributed by atoms with Gasteiger partial charge in [-0.1, -0.05) is 23.2 Å². The zero-order valence-electron chi connectivity index (χ0n) is 17.3. The van der Waals surface area contributed by atoms with Crippen molar-refractivity contribution in [2.45, 2.75) is 0 Å². The molecule has 1 saturated heterocycles. The van der Waals surface area contributed by atoms with Gasteiger partial charge in [-0.2, -0.15) is 0 Å². The van der Waals surface area contributed by atoms with Gasteiger partial charge in [0.1, 0.15) is 0 Å². The number of rotatable bonds is 5. The van der Waals surface area contributed by atoms with Crippen molar-refractivity contribution in [2.75, 3.05) is 43.5 Å². The van der Waals surface area contributed by atoms with E-state index in [0.717, 1.165) is 5.69 Å². The number of piperazine rings is 1. The minimum absolute atomic E-state index is 0.0913. The van der Waals surface area contributed by atoms with E-state index in [-0.39, 0.29) is 21.9 Å². The Balaban J connectivity index is 1.36. The van der Waals surface area contributed by atoms with Crippen LogP contribution in [-0.4, -0.2) is 50.0 Å². The molecule has 1 aromatic heterocycles. The summed E-state index contributed by atoms with van der Waals surface area (Å²) in [7, 11) is 1.46. The minimum Gasteiger partial charge on any atom is -0.494 e. The molecule has 166 valence electrons. The Morgan fingerprint density at radius 1 is 1.00 bits per heavy atom. The summed E-state index contributed by atoms with van der Waals surface area (Å²) in [6.45, 7) is 2.63. The predicted octanol–water partition coefficient (Wildman–Crippen LogP) is 4.81. The van der Waals surface area contributed by atoms with Gasteiger partial charge in [0.2, 0.25) is 0 Å². The molecule has 1 aliphatic rings. The Morgan fingerprint density at radius 3 is 2.22 bits per heavy atom. The van der Waals surface area contributed by atoms with Gasteiger partial charge in [0.25, 0.3) is 11.8 Å². The van der Waals surface area contributed by atoms with Gasteiger partial charge in [-0.15, -0.1) is 0 Å². The molecule has 0 aliphatic carbocycles. The molecule has 7 nitrogen and oxygen atoms in total. The van der Waals surface area contributed by atoms with E-state index >= 15 is 0 Å². The van der Waals surface area contributed by atoms with Crippen LogP contribution in [0.3, 0.4) is 0 Å². The Labute approximate surface area is 195 Å². The molecule has 1 N–H and O–H groups in total. The molecule has 2 amide bonds. The summed E-state index contributed by atoms with van der Waals surface area (Å²) >= 11 is 12.2. The molecule has 9 heteroatoms. The standard InChI is InChI=1S/C23H21Cl2N3O4/c1-31-21-18(24)13-15(14-19(21)25)22(29)26-16-4-6-17(7-5-16)27-8-10-28(11-9-27)23(30)20-3-2-12-32-20/h2-7,12-14H,8-11H2,1H3,(H,26,29). The van der Waals surface area contributed by atoms with Gasteiger partial charge in [0, 0.05) is 43.1 Å². The number of methoxy groups -OCH3 is 1. The lowest BCUT2D eigenvalue weighted by atomic mass is 10.2. The highest BCUT2D eigenvalue weighted by molar-refractivity contribution is 6.37. The van der Waals surface area contributed by atoms with Crippen molar-refractivity contribution < 1.29 is 18.7 Å². The fraction of sp³-hybridized carbons (Fsp3) is 0.217. The summed E-state index contributed by atoms with van der Waals surface area (Å²) < 4.78 is 10.3. The van der Waals surface area contributed by atoms with Gasteiger partial charge < -0.3 is 24.3 Å². The SMILES string of the molecule is COc1c(Cl)cc(C(=O)Nc2ccc(N3CCN(C(=O)c4ccco4)CC3)cc2)cc1Cl. The van der Waals surface area contributed by atoms with E-state index in [9.17, 15) is 9.59 Å². The monoisotopic (exact) mass is 473 g/mol. The number of carbonyl (C=O) groups is 2. The Morgan fingerprint density at radius 2 is 1.66 bits per heavy atom. The van der Waals surface area contributed by atoms with E-state index in [1.165, 1.54) is 25.5 Å². The molecule has 0 radical (unpaired) electrons. The molecule has 0 bridgehead atoms. The first-order valence-corrected chi connectivity index (χ1v) is 10.7. The smallest absolute Gasteiger partial charge is 0.289 e. The zero-order chi connectivity index (χ0) is 22.7. The molecule has 3 aromatic rings. The van der Waals surface area contributed by atoms with Crippen LogP contribution in [0.4, 0.5) is 11.4 Å². The van der Waals surface area contributed by atoms with Crippen LogP contribution in [0.15, 0.2) is 59.2 Å². The maximum atomic E-state index is 12.6. The molecule has 1 aliphatic heterocycles. The van der Waals surface area contributed by atoms with Gasteiger partial charge in [0.15, 0.2) is 11.5 Å². The van der Waals surface area contributed by atoms with E-state index in [1.54, 1.807) is 17.0 Å². The van der Waals surface area contributed by atoms with Crippen molar-refractivity contribution in [2.24, 2.45) is 0 Å². The summed E-state index contributed by atoms with van der Waals surface area (Å²) in [6, 6.07) is 14.0. The van der Waals surface area contributed by atoms with Gasteiger partial charge in [-0.3, -0.25) is 9.59 Å². The second-order valence-corrected chi connectivity index (χ2v) is 8.05. The third-order valence-corrected chi connectivity index (χ3v) is 5.82. The third-order valence-electron chi connectivity index (χ3n) is 5.25. The number of amides is 2. The quantitative estimate of drug-likeness (QED) is 0.575. The third kappa shape index (κ3) is 4.69. The lowest BCUT2D eigenvalue weighted by Crippen LogP contribution is -2.48. The number of carbonyl (C=O) groups excluding carboxylic acids is 2. The maximum Gasteiger partial charge on any atom is 0.289 e. The van der Waals surface area contributed by atoms with Crippen LogP contribution >= 0.6 is 23.2 Å². The average Bonchev–Trinajstić information content (AvgIpc) is 3.34. The number of nitrogens with zero attached hydrogens (tertiary/aromatic N) is 2. The molecule has 0 saturated carbocycles. The minimum atomic E-state index is -0.325. The number of hydrogen-bond donors (Lipinski definition) is 1. The number of furan rings is 1. The summed E-state index contributed by atoms with van der Waals surface area (Å²) in [6.07, 6.45) is 1.50. The first kappa shape index (κ1) is 22.0. The molecule has 0 unspecified atom stereocenters. The summed E-state index contributed by atoms with van der Waals surface area (Å²) in [5, 5.41) is 3.38. The number of anilines is 2. The molecule has 0 spiro atoms. The number of halogens is 2. The fourth-order valence-corrected chi connectivity index (χ4v) is 4.21. The Hall–Kier alpha value is -3.16. The largest absolute Gasteiger partial charge is 0.494 e. The lowest BCUT2D eigenvalue weighted by molar-refractivity contribution is 0.0714. The van der Waals surface area contributed by atoms with Gasteiger partial charge in [0.05, 0.1) is 23.4 Å². The lowest BCUT2D eigenvalue weighted by Gasteiger charge is -2.35. The van der Waals surface area contributed by atoms with E-state index in [2.05, 4.69) is 10.2 Å². The fourth-order valence-electron chi connectivity index (χ4n) is 3.57. The second-order valence-electron chi connectivity index (χ2n) is 7.23. The molecule has 4 rings (SSSR count). The van der Waals surface area contributed by atoms with Crippen molar-refractivity contribution in [3.8, 4) is 5.75 Å². The molecular weight excluding hydrogens is 453 g/mol. The van der Waals surface area contributed by atoms with E-state index in [0.29, 0.717) is 48.9 Å². The average molecular weight is 474 g/mol. The molecule has 1 fully saturated rings. The van der Waals surface area contributed by atoms with E-state index in [4.69, 9.17) is 32.4 Å². The molecular formula is C23H21Cl2N3O4. The van der Waals surface area contributed by atoms with Crippen molar-refractivity contribution in [3.63, 3.8) is 0 Å². The van der Waals surface area contributed by atoms with Crippen LogP contribution in [0.5, 0.6) is 5.75 Å². The Bertz CT molecular complexity index is 1090. The first-order chi connectivity index (χ1) is 15.5. The molecule has 2 heterocycles. The number of ether oxygens (including phenoxy) is 1. The van der Waals surface area contributed by atoms with Crippen LogP contribution in [0.25, 0.3) is 0 Å². The van der Waals surface area contributed by atoms with Crippen molar-refractivity contribution in [1.82, 2.24) is 4.90 Å². The van der Waals surface area contributed by atoms with Crippen molar-refractivity contribution in [3.05, 3.63) is 76.2 Å². The highest BCUT2D eigenvalue weighted by atomic mass is 35.5. The zero-order valence-corrected chi connectivity index (χ0v) is 18.8. The van der Waals surface area contributed by atoms with E-state index < -0.39 is 0 Å². The first-order valence-electron chi connectivity index (χ1n) is 9.98. The van der Waals surface area contributed by atoms with Crippen LogP contribution in [-0.2, 0) is 0 Å². The molecule has 2 aromatic carbocycles. The van der Waals surface area contributed by atoms with Gasteiger partial charge >= 0.3 is 0 Å². The maximum absolute atomic E-state index is 12.6. The summed E-state index contributed by atoms with van der Waals surface area (Å²) in [5.41, 5.74) is 2.00. The van der Waals surface area contributed by atoms with E-state index in [1.807, 2.05) is 24.3 Å².